The van der Waals surface area contributed by atoms with Gasteiger partial charge in [0.05, 0.1) is 12.1 Å². The van der Waals surface area contributed by atoms with E-state index in [1.54, 1.807) is 11.0 Å². The van der Waals surface area contributed by atoms with Gasteiger partial charge >= 0.3 is 0 Å². The molecule has 1 heterocycles. The minimum atomic E-state index is -1.06. The van der Waals surface area contributed by atoms with Crippen molar-refractivity contribution in [2.24, 2.45) is 0 Å². The molecule has 0 radical (unpaired) electrons. The molecule has 30 heavy (non-hydrogen) atoms. The summed E-state index contributed by atoms with van der Waals surface area (Å²) in [5.74, 6) is -2.29. The lowest BCUT2D eigenvalue weighted by atomic mass is 10.1. The number of carbonyl (C=O) groups is 1. The lowest BCUT2D eigenvalue weighted by Crippen LogP contribution is -2.33. The summed E-state index contributed by atoms with van der Waals surface area (Å²) in [6.07, 6.45) is 3.50. The third-order valence-corrected chi connectivity index (χ3v) is 5.07. The number of carbonyl (C=O) groups excluding carboxylic acids is 1. The van der Waals surface area contributed by atoms with E-state index in [9.17, 15) is 18.0 Å². The van der Waals surface area contributed by atoms with E-state index in [4.69, 9.17) is 0 Å². The number of aromatic nitrogens is 2. The Morgan fingerprint density at radius 3 is 2.50 bits per heavy atom. The van der Waals surface area contributed by atoms with Gasteiger partial charge in [-0.2, -0.15) is 0 Å². The maximum atomic E-state index is 14.3. The van der Waals surface area contributed by atoms with Crippen molar-refractivity contribution in [3.8, 4) is 0 Å². The number of halogens is 3. The third-order valence-electron chi connectivity index (χ3n) is 5.07. The Morgan fingerprint density at radius 2 is 1.80 bits per heavy atom. The average Bonchev–Trinajstić information content (AvgIpc) is 3.08. The van der Waals surface area contributed by atoms with Gasteiger partial charge in [-0.15, -0.1) is 0 Å². The van der Waals surface area contributed by atoms with Crippen molar-refractivity contribution in [3.63, 3.8) is 0 Å². The molecule has 0 bridgehead atoms. The fourth-order valence-electron chi connectivity index (χ4n) is 3.54. The molecule has 1 aromatic heterocycles. The summed E-state index contributed by atoms with van der Waals surface area (Å²) in [4.78, 5) is 19.1. The lowest BCUT2D eigenvalue weighted by Gasteiger charge is -2.23. The first-order valence-electron chi connectivity index (χ1n) is 10.3. The molecule has 160 valence electrons. The van der Waals surface area contributed by atoms with E-state index in [0.29, 0.717) is 24.4 Å². The van der Waals surface area contributed by atoms with Crippen LogP contribution in [0.25, 0.3) is 11.0 Å². The first kappa shape index (κ1) is 21.9. The third kappa shape index (κ3) is 4.66. The van der Waals surface area contributed by atoms with Crippen molar-refractivity contribution < 1.29 is 18.0 Å². The summed E-state index contributed by atoms with van der Waals surface area (Å²) in [5.41, 5.74) is 1.03. The quantitative estimate of drug-likeness (QED) is 0.419. The fourth-order valence-corrected chi connectivity index (χ4v) is 3.54. The van der Waals surface area contributed by atoms with Crippen molar-refractivity contribution in [2.75, 3.05) is 6.54 Å². The highest BCUT2D eigenvalue weighted by Crippen LogP contribution is 2.22. The van der Waals surface area contributed by atoms with E-state index >= 15 is 0 Å². The van der Waals surface area contributed by atoms with Crippen LogP contribution in [0.2, 0.25) is 0 Å². The summed E-state index contributed by atoms with van der Waals surface area (Å²) in [5, 5.41) is 0. The van der Waals surface area contributed by atoms with E-state index < -0.39 is 23.4 Å². The zero-order valence-corrected chi connectivity index (χ0v) is 17.3. The Bertz CT molecular complexity index is 1030. The number of unbranched alkanes of at least 4 members (excludes halogenated alkanes) is 2. The second-order valence-electron chi connectivity index (χ2n) is 7.35. The molecule has 0 N–H and O–H groups in total. The molecule has 0 saturated carbocycles. The number of hydrogen-bond acceptors (Lipinski definition) is 2. The molecular formula is C23H26F3N3O. The zero-order valence-electron chi connectivity index (χ0n) is 17.3. The summed E-state index contributed by atoms with van der Waals surface area (Å²) >= 11 is 0. The molecule has 0 fully saturated rings. The minimum absolute atomic E-state index is 0.0785. The van der Waals surface area contributed by atoms with Crippen molar-refractivity contribution in [3.05, 3.63) is 65.2 Å². The van der Waals surface area contributed by atoms with E-state index in [1.807, 2.05) is 17.6 Å². The maximum Gasteiger partial charge on any atom is 0.254 e. The summed E-state index contributed by atoms with van der Waals surface area (Å²) < 4.78 is 43.2. The molecule has 3 rings (SSSR count). The van der Waals surface area contributed by atoms with Gasteiger partial charge in [-0.1, -0.05) is 32.8 Å². The van der Waals surface area contributed by atoms with Gasteiger partial charge in [-0.3, -0.25) is 4.79 Å². The molecule has 1 amide bonds. The van der Waals surface area contributed by atoms with Gasteiger partial charge in [0.15, 0.2) is 17.5 Å². The molecule has 0 aliphatic heterocycles. The van der Waals surface area contributed by atoms with Crippen LogP contribution in [0.1, 0.15) is 55.7 Å². The van der Waals surface area contributed by atoms with Gasteiger partial charge in [0.2, 0.25) is 0 Å². The highest BCUT2D eigenvalue weighted by molar-refractivity contribution is 5.94. The average molecular weight is 417 g/mol. The molecule has 0 unspecified atom stereocenters. The van der Waals surface area contributed by atoms with Crippen LogP contribution in [0.3, 0.4) is 0 Å². The smallest absolute Gasteiger partial charge is 0.254 e. The van der Waals surface area contributed by atoms with Crippen LogP contribution in [0.4, 0.5) is 13.2 Å². The molecular weight excluding hydrogens is 391 g/mol. The van der Waals surface area contributed by atoms with Crippen LogP contribution in [0.5, 0.6) is 0 Å². The van der Waals surface area contributed by atoms with Crippen LogP contribution in [-0.4, -0.2) is 26.9 Å². The summed E-state index contributed by atoms with van der Waals surface area (Å²) in [6, 6.07) is 7.96. The Labute approximate surface area is 174 Å². The van der Waals surface area contributed by atoms with E-state index in [1.165, 1.54) is 12.1 Å². The summed E-state index contributed by atoms with van der Waals surface area (Å²) in [6.45, 7) is 5.32. The highest BCUT2D eigenvalue weighted by atomic mass is 19.2. The van der Waals surface area contributed by atoms with Gasteiger partial charge in [0.1, 0.15) is 11.3 Å². The van der Waals surface area contributed by atoms with E-state index in [0.717, 1.165) is 37.8 Å². The topological polar surface area (TPSA) is 38.1 Å². The van der Waals surface area contributed by atoms with Gasteiger partial charge < -0.3 is 9.47 Å². The number of rotatable bonds is 9. The van der Waals surface area contributed by atoms with Gasteiger partial charge in [-0.05, 0) is 43.2 Å². The Balaban J connectivity index is 1.96. The second-order valence-corrected chi connectivity index (χ2v) is 7.35. The molecule has 0 atom stereocenters. The minimum Gasteiger partial charge on any atom is -0.331 e. The molecule has 0 saturated heterocycles. The van der Waals surface area contributed by atoms with Crippen molar-refractivity contribution in [1.29, 1.82) is 0 Å². The Hall–Kier alpha value is -2.83. The molecule has 2 aromatic carbocycles. The maximum absolute atomic E-state index is 14.3. The van der Waals surface area contributed by atoms with Crippen LogP contribution >= 0.6 is 0 Å². The first-order valence-corrected chi connectivity index (χ1v) is 10.3. The predicted molar refractivity (Wildman–Crippen MR) is 111 cm³/mol. The van der Waals surface area contributed by atoms with E-state index in [-0.39, 0.29) is 17.6 Å². The normalized spacial score (nSPS) is 11.2. The van der Waals surface area contributed by atoms with Gasteiger partial charge in [0, 0.05) is 18.7 Å². The largest absolute Gasteiger partial charge is 0.331 e. The molecule has 0 spiro atoms. The Kier molecular flexibility index (Phi) is 7.13. The lowest BCUT2D eigenvalue weighted by molar-refractivity contribution is 0.0733. The highest BCUT2D eigenvalue weighted by Gasteiger charge is 2.21. The number of fused-ring (bicyclic) bond motifs is 1. The number of nitrogens with zero attached hydrogens (tertiary/aromatic N) is 3. The van der Waals surface area contributed by atoms with Gasteiger partial charge in [-0.25, -0.2) is 18.2 Å². The second kappa shape index (κ2) is 9.78. The van der Waals surface area contributed by atoms with Crippen LogP contribution in [-0.2, 0) is 13.1 Å². The number of para-hydroxylation sites is 1. The van der Waals surface area contributed by atoms with Gasteiger partial charge in [0.25, 0.3) is 5.91 Å². The fraction of sp³-hybridized carbons (Fsp3) is 0.391. The van der Waals surface area contributed by atoms with Crippen molar-refractivity contribution in [2.45, 2.75) is 52.6 Å². The molecule has 3 aromatic rings. The van der Waals surface area contributed by atoms with Crippen LogP contribution in [0, 0.1) is 17.5 Å². The number of benzene rings is 2. The number of aryl methyl sites for hydroxylation is 1. The number of amides is 1. The standard InChI is InChI=1S/C23H26F3N3O/c1-3-5-6-13-28(23(30)16-10-11-17(24)19(26)14-16)15-21-27-22-18(25)8-7-9-20(22)29(21)12-4-2/h7-11,14H,3-6,12-13,15H2,1-2H3. The monoisotopic (exact) mass is 417 g/mol. The molecule has 4 nitrogen and oxygen atoms in total. The number of hydrogen-bond donors (Lipinski definition) is 0. The molecule has 7 heteroatoms. The van der Waals surface area contributed by atoms with Crippen LogP contribution < -0.4 is 0 Å². The molecule has 0 aliphatic rings. The SMILES string of the molecule is CCCCCN(Cc1nc2c(F)cccc2n1CCC)C(=O)c1ccc(F)c(F)c1. The number of imidazole rings is 1. The predicted octanol–water partition coefficient (Wildman–Crippen LogP) is 5.70. The molecule has 0 aliphatic carbocycles. The summed E-state index contributed by atoms with van der Waals surface area (Å²) in [7, 11) is 0. The van der Waals surface area contributed by atoms with Crippen LogP contribution in [0.15, 0.2) is 36.4 Å². The first-order chi connectivity index (χ1) is 14.5. The van der Waals surface area contributed by atoms with Crippen molar-refractivity contribution >= 4 is 16.9 Å². The Morgan fingerprint density at radius 1 is 1.00 bits per heavy atom. The zero-order chi connectivity index (χ0) is 21.7. The van der Waals surface area contributed by atoms with Crippen molar-refractivity contribution in [1.82, 2.24) is 14.5 Å². The van der Waals surface area contributed by atoms with E-state index in [2.05, 4.69) is 11.9 Å².